The monoisotopic (exact) mass is 321 g/mol. The molecule has 2 rings (SSSR count). The zero-order valence-corrected chi connectivity index (χ0v) is 13.9. The van der Waals surface area contributed by atoms with Crippen molar-refractivity contribution < 1.29 is 14.3 Å². The van der Waals surface area contributed by atoms with Crippen molar-refractivity contribution in [2.24, 2.45) is 7.05 Å². The van der Waals surface area contributed by atoms with E-state index in [1.807, 2.05) is 31.5 Å². The van der Waals surface area contributed by atoms with Crippen molar-refractivity contribution in [2.45, 2.75) is 13.8 Å². The maximum atomic E-state index is 12.5. The van der Waals surface area contributed by atoms with E-state index in [4.69, 9.17) is 17.0 Å². The van der Waals surface area contributed by atoms with Gasteiger partial charge in [-0.05, 0) is 43.8 Å². The number of amides is 2. The van der Waals surface area contributed by atoms with Crippen molar-refractivity contribution in [3.63, 3.8) is 0 Å². The van der Waals surface area contributed by atoms with Gasteiger partial charge >= 0.3 is 0 Å². The molecule has 1 N–H and O–H groups in total. The lowest BCUT2D eigenvalue weighted by molar-refractivity contribution is -0.129. The summed E-state index contributed by atoms with van der Waals surface area (Å²) in [5.41, 5.74) is 2.97. The number of hydrogen-bond donors (Lipinski definition) is 1. The molecule has 0 atom stereocenters. The molecule has 0 unspecified atom stereocenters. The Morgan fingerprint density at radius 3 is 2.59 bits per heavy atom. The van der Waals surface area contributed by atoms with Gasteiger partial charge in [0, 0.05) is 25.5 Å². The molecular formula is C15H19N3O3S. The number of nitrogens with zero attached hydrogens (tertiary/aromatic N) is 2. The quantitative estimate of drug-likeness (QED) is 0.509. The Morgan fingerprint density at radius 2 is 2.05 bits per heavy atom. The van der Waals surface area contributed by atoms with Gasteiger partial charge in [0.05, 0.1) is 13.2 Å². The summed E-state index contributed by atoms with van der Waals surface area (Å²) in [6.07, 6.45) is 1.61. The number of aromatic nitrogens is 1. The summed E-state index contributed by atoms with van der Waals surface area (Å²) in [6.45, 7) is 4.56. The third-order valence-electron chi connectivity index (χ3n) is 3.82. The van der Waals surface area contributed by atoms with E-state index >= 15 is 0 Å². The fourth-order valence-corrected chi connectivity index (χ4v) is 2.53. The first-order valence-corrected chi connectivity index (χ1v) is 7.28. The largest absolute Gasteiger partial charge is 0.383 e. The van der Waals surface area contributed by atoms with Crippen LogP contribution in [0, 0.1) is 13.8 Å². The molecule has 0 aliphatic carbocycles. The number of methoxy groups -OCH3 is 1. The lowest BCUT2D eigenvalue weighted by atomic mass is 10.1. The molecule has 7 heteroatoms. The maximum absolute atomic E-state index is 12.5. The van der Waals surface area contributed by atoms with Crippen molar-refractivity contribution in [3.05, 3.63) is 28.6 Å². The van der Waals surface area contributed by atoms with Gasteiger partial charge in [0.25, 0.3) is 11.8 Å². The molecule has 22 heavy (non-hydrogen) atoms. The molecule has 118 valence electrons. The van der Waals surface area contributed by atoms with E-state index < -0.39 is 11.8 Å². The highest BCUT2D eigenvalue weighted by atomic mass is 32.1. The van der Waals surface area contributed by atoms with Gasteiger partial charge in [-0.2, -0.15) is 0 Å². The summed E-state index contributed by atoms with van der Waals surface area (Å²) in [7, 11) is 3.48. The Kier molecular flexibility index (Phi) is 4.77. The number of nitrogens with one attached hydrogen (secondary N) is 1. The molecule has 0 saturated carbocycles. The van der Waals surface area contributed by atoms with Gasteiger partial charge in [0.1, 0.15) is 5.57 Å². The number of carbonyl (C=O) groups excluding carboxylic acids is 2. The molecule has 0 radical (unpaired) electrons. The van der Waals surface area contributed by atoms with E-state index in [0.29, 0.717) is 13.2 Å². The van der Waals surface area contributed by atoms with Crippen molar-refractivity contribution in [1.82, 2.24) is 14.8 Å². The Labute approximate surface area is 134 Å². The summed E-state index contributed by atoms with van der Waals surface area (Å²) < 4.78 is 6.98. The van der Waals surface area contributed by atoms with Crippen molar-refractivity contribution in [1.29, 1.82) is 0 Å². The van der Waals surface area contributed by atoms with Crippen LogP contribution in [0.2, 0.25) is 0 Å². The number of rotatable bonds is 4. The Balaban J connectivity index is 2.37. The minimum atomic E-state index is -0.468. The minimum Gasteiger partial charge on any atom is -0.383 e. The molecule has 6 nitrogen and oxygen atoms in total. The second-order valence-corrected chi connectivity index (χ2v) is 5.54. The van der Waals surface area contributed by atoms with Crippen LogP contribution < -0.4 is 5.32 Å². The van der Waals surface area contributed by atoms with E-state index in [1.54, 1.807) is 13.2 Å². The molecule has 0 bridgehead atoms. The molecular weight excluding hydrogens is 302 g/mol. The van der Waals surface area contributed by atoms with E-state index in [0.717, 1.165) is 17.0 Å². The highest BCUT2D eigenvalue weighted by molar-refractivity contribution is 7.80. The summed E-state index contributed by atoms with van der Waals surface area (Å²) >= 11 is 5.05. The smallest absolute Gasteiger partial charge is 0.265 e. The number of thiocarbonyl (C=S) groups is 1. The van der Waals surface area contributed by atoms with E-state index in [2.05, 4.69) is 5.32 Å². The van der Waals surface area contributed by atoms with Crippen LogP contribution in [0.4, 0.5) is 0 Å². The van der Waals surface area contributed by atoms with Crippen molar-refractivity contribution >= 4 is 35.2 Å². The lowest BCUT2D eigenvalue weighted by Crippen LogP contribution is -2.54. The SMILES string of the molecule is COCCN1C(=O)/C(=C\c2cc(C)n(C)c2C)C(=O)NC1=S. The van der Waals surface area contributed by atoms with Crippen LogP contribution in [0.5, 0.6) is 0 Å². The molecule has 1 aromatic heterocycles. The Bertz CT molecular complexity index is 676. The predicted octanol–water partition coefficient (Wildman–Crippen LogP) is 0.915. The van der Waals surface area contributed by atoms with Gasteiger partial charge in [-0.3, -0.25) is 19.8 Å². The highest BCUT2D eigenvalue weighted by Crippen LogP contribution is 2.19. The zero-order valence-electron chi connectivity index (χ0n) is 13.1. The predicted molar refractivity (Wildman–Crippen MR) is 87.2 cm³/mol. The van der Waals surface area contributed by atoms with Crippen LogP contribution in [0.15, 0.2) is 11.6 Å². The fourth-order valence-electron chi connectivity index (χ4n) is 2.27. The third kappa shape index (κ3) is 2.95. The first kappa shape index (κ1) is 16.4. The zero-order chi connectivity index (χ0) is 16.4. The Hall–Kier alpha value is -1.99. The van der Waals surface area contributed by atoms with Crippen LogP contribution in [-0.4, -0.2) is 46.7 Å². The van der Waals surface area contributed by atoms with E-state index in [1.165, 1.54) is 4.90 Å². The third-order valence-corrected chi connectivity index (χ3v) is 4.14. The normalized spacial score (nSPS) is 17.4. The average molecular weight is 321 g/mol. The summed E-state index contributed by atoms with van der Waals surface area (Å²) in [6, 6.07) is 1.94. The van der Waals surface area contributed by atoms with Crippen LogP contribution >= 0.6 is 12.2 Å². The van der Waals surface area contributed by atoms with Gasteiger partial charge in [0.2, 0.25) is 0 Å². The second-order valence-electron chi connectivity index (χ2n) is 5.15. The first-order chi connectivity index (χ1) is 10.4. The second kappa shape index (κ2) is 6.41. The molecule has 0 aromatic carbocycles. The number of hydrogen-bond acceptors (Lipinski definition) is 4. The molecule has 1 saturated heterocycles. The van der Waals surface area contributed by atoms with Gasteiger partial charge in [-0.1, -0.05) is 0 Å². The number of ether oxygens (including phenoxy) is 1. The minimum absolute atomic E-state index is 0.0819. The molecule has 1 fully saturated rings. The molecule has 2 amide bonds. The van der Waals surface area contributed by atoms with Crippen LogP contribution in [0.3, 0.4) is 0 Å². The Morgan fingerprint density at radius 1 is 1.36 bits per heavy atom. The fraction of sp³-hybridized carbons (Fsp3) is 0.400. The number of carbonyl (C=O) groups is 2. The van der Waals surface area contributed by atoms with Gasteiger partial charge in [-0.15, -0.1) is 0 Å². The van der Waals surface area contributed by atoms with Gasteiger partial charge < -0.3 is 9.30 Å². The van der Waals surface area contributed by atoms with Crippen molar-refractivity contribution in [2.75, 3.05) is 20.3 Å². The van der Waals surface area contributed by atoms with Crippen LogP contribution in [-0.2, 0) is 21.4 Å². The highest BCUT2D eigenvalue weighted by Gasteiger charge is 2.33. The lowest BCUT2D eigenvalue weighted by Gasteiger charge is -2.28. The summed E-state index contributed by atoms with van der Waals surface area (Å²) in [4.78, 5) is 25.9. The van der Waals surface area contributed by atoms with E-state index in [-0.39, 0.29) is 10.7 Å². The van der Waals surface area contributed by atoms with Crippen LogP contribution in [0.1, 0.15) is 17.0 Å². The van der Waals surface area contributed by atoms with Crippen LogP contribution in [0.25, 0.3) is 6.08 Å². The van der Waals surface area contributed by atoms with Gasteiger partial charge in [0.15, 0.2) is 5.11 Å². The first-order valence-electron chi connectivity index (χ1n) is 6.87. The van der Waals surface area contributed by atoms with Crippen molar-refractivity contribution in [3.8, 4) is 0 Å². The van der Waals surface area contributed by atoms with Gasteiger partial charge in [-0.25, -0.2) is 0 Å². The molecule has 2 heterocycles. The number of aryl methyl sites for hydroxylation is 1. The summed E-state index contributed by atoms with van der Waals surface area (Å²) in [5.74, 6) is -0.865. The standard InChI is InChI=1S/C15H19N3O3S/c1-9-7-11(10(2)17(9)3)8-12-13(19)16-15(22)18(14(12)20)5-6-21-4/h7-8H,5-6H2,1-4H3,(H,16,19,22)/b12-8-. The molecule has 1 aromatic rings. The molecule has 1 aliphatic heterocycles. The molecule has 0 spiro atoms. The maximum Gasteiger partial charge on any atom is 0.265 e. The molecule has 1 aliphatic rings. The average Bonchev–Trinajstić information content (AvgIpc) is 2.70. The summed E-state index contributed by atoms with van der Waals surface area (Å²) in [5, 5.41) is 2.66. The topological polar surface area (TPSA) is 63.6 Å². The van der Waals surface area contributed by atoms with E-state index in [9.17, 15) is 9.59 Å².